The van der Waals surface area contributed by atoms with Crippen LogP contribution in [0.15, 0.2) is 4.47 Å². The second-order valence-electron chi connectivity index (χ2n) is 4.39. The minimum absolute atomic E-state index is 0.277. The van der Waals surface area contributed by atoms with Crippen LogP contribution in [0.2, 0.25) is 0 Å². The highest BCUT2D eigenvalue weighted by molar-refractivity contribution is 9.10. The molecule has 0 aliphatic heterocycles. The van der Waals surface area contributed by atoms with Gasteiger partial charge in [0.2, 0.25) is 0 Å². The fraction of sp³-hybridized carbons (Fsp3) is 0.769. The first-order chi connectivity index (χ1) is 9.17. The van der Waals surface area contributed by atoms with E-state index in [9.17, 15) is 0 Å². The molecule has 0 bridgehead atoms. The van der Waals surface area contributed by atoms with Crippen molar-refractivity contribution in [2.24, 2.45) is 0 Å². The van der Waals surface area contributed by atoms with Gasteiger partial charge in [-0.15, -0.1) is 11.6 Å². The highest BCUT2D eigenvalue weighted by Crippen LogP contribution is 2.22. The fourth-order valence-corrected chi connectivity index (χ4v) is 2.97. The summed E-state index contributed by atoms with van der Waals surface area (Å²) >= 11 is 9.46. The van der Waals surface area contributed by atoms with Gasteiger partial charge in [-0.25, -0.2) is 0 Å². The van der Waals surface area contributed by atoms with Gasteiger partial charge < -0.3 is 10.1 Å². The van der Waals surface area contributed by atoms with Gasteiger partial charge in [0.05, 0.1) is 22.5 Å². The van der Waals surface area contributed by atoms with Crippen LogP contribution < -0.4 is 5.32 Å². The lowest BCUT2D eigenvalue weighted by atomic mass is 10.2. The molecule has 19 heavy (non-hydrogen) atoms. The largest absolute Gasteiger partial charge is 0.383 e. The maximum Gasteiger partial charge on any atom is 0.0767 e. The van der Waals surface area contributed by atoms with Crippen molar-refractivity contribution in [2.45, 2.75) is 45.8 Å². The molecule has 1 rings (SSSR count). The molecule has 1 N–H and O–H groups in total. The van der Waals surface area contributed by atoms with Crippen LogP contribution in [0, 0.1) is 0 Å². The average molecular weight is 353 g/mol. The summed E-state index contributed by atoms with van der Waals surface area (Å²) in [5.74, 6) is 0.634. The number of ether oxygens (including phenoxy) is 1. The highest BCUT2D eigenvalue weighted by atomic mass is 79.9. The number of hydrogen-bond acceptors (Lipinski definition) is 3. The van der Waals surface area contributed by atoms with Crippen LogP contribution in [-0.2, 0) is 24.2 Å². The van der Waals surface area contributed by atoms with Crippen molar-refractivity contribution < 1.29 is 4.74 Å². The number of alkyl halides is 1. The first-order valence-corrected chi connectivity index (χ1v) is 8.02. The summed E-state index contributed by atoms with van der Waals surface area (Å²) in [6.07, 6.45) is 1.83. The lowest BCUT2D eigenvalue weighted by molar-refractivity contribution is 0.163. The fourth-order valence-electron chi connectivity index (χ4n) is 2.00. The Morgan fingerprint density at radius 3 is 2.74 bits per heavy atom. The lowest BCUT2D eigenvalue weighted by Crippen LogP contribution is -2.34. The molecule has 0 spiro atoms. The van der Waals surface area contributed by atoms with E-state index in [4.69, 9.17) is 16.3 Å². The van der Waals surface area contributed by atoms with E-state index in [2.05, 4.69) is 40.2 Å². The number of nitrogens with one attached hydrogen (secondary N) is 1. The summed E-state index contributed by atoms with van der Waals surface area (Å²) in [7, 11) is 1.71. The van der Waals surface area contributed by atoms with Gasteiger partial charge in [-0.1, -0.05) is 6.92 Å². The second-order valence-corrected chi connectivity index (χ2v) is 5.56. The SMILES string of the molecule is CCc1nn(CC)c(CNC(CCCl)COC)c1Br. The molecule has 0 fully saturated rings. The van der Waals surface area contributed by atoms with E-state index in [-0.39, 0.29) is 6.04 Å². The number of rotatable bonds is 9. The number of aryl methyl sites for hydroxylation is 2. The predicted molar refractivity (Wildman–Crippen MR) is 82.8 cm³/mol. The Labute approximate surface area is 129 Å². The number of nitrogens with zero attached hydrogens (tertiary/aromatic N) is 2. The zero-order valence-electron chi connectivity index (χ0n) is 11.9. The molecule has 1 aromatic heterocycles. The van der Waals surface area contributed by atoms with E-state index < -0.39 is 0 Å². The van der Waals surface area contributed by atoms with Gasteiger partial charge in [0.1, 0.15) is 0 Å². The van der Waals surface area contributed by atoms with E-state index in [0.717, 1.165) is 36.1 Å². The molecule has 0 aromatic carbocycles. The van der Waals surface area contributed by atoms with Crippen LogP contribution in [0.1, 0.15) is 31.7 Å². The Hall–Kier alpha value is -0.100. The molecule has 0 aliphatic rings. The van der Waals surface area contributed by atoms with Gasteiger partial charge in [0.15, 0.2) is 0 Å². The molecule has 1 atom stereocenters. The van der Waals surface area contributed by atoms with Gasteiger partial charge in [-0.05, 0) is 35.7 Å². The third-order valence-electron chi connectivity index (χ3n) is 3.08. The lowest BCUT2D eigenvalue weighted by Gasteiger charge is -2.17. The molecule has 110 valence electrons. The summed E-state index contributed by atoms with van der Waals surface area (Å²) in [4.78, 5) is 0. The van der Waals surface area contributed by atoms with E-state index in [0.29, 0.717) is 12.5 Å². The Balaban J connectivity index is 2.72. The van der Waals surface area contributed by atoms with Crippen LogP contribution in [-0.4, -0.2) is 35.4 Å². The van der Waals surface area contributed by atoms with Crippen LogP contribution in [0.4, 0.5) is 0 Å². The normalized spacial score (nSPS) is 12.9. The number of aromatic nitrogens is 2. The summed E-state index contributed by atoms with van der Waals surface area (Å²) < 4.78 is 8.36. The molecule has 6 heteroatoms. The Kier molecular flexibility index (Phi) is 7.99. The minimum atomic E-state index is 0.277. The first kappa shape index (κ1) is 17.0. The molecule has 1 aromatic rings. The summed E-state index contributed by atoms with van der Waals surface area (Å²) in [6, 6.07) is 0.277. The number of halogens is 2. The van der Waals surface area contributed by atoms with E-state index >= 15 is 0 Å². The molecular weight excluding hydrogens is 330 g/mol. The van der Waals surface area contributed by atoms with Gasteiger partial charge in [-0.3, -0.25) is 4.68 Å². The zero-order chi connectivity index (χ0) is 14.3. The van der Waals surface area contributed by atoms with E-state index in [1.807, 2.05) is 4.68 Å². The van der Waals surface area contributed by atoms with Crippen molar-refractivity contribution in [1.82, 2.24) is 15.1 Å². The van der Waals surface area contributed by atoms with Gasteiger partial charge >= 0.3 is 0 Å². The molecule has 1 heterocycles. The Bertz CT molecular complexity index is 378. The molecular formula is C13H23BrClN3O. The van der Waals surface area contributed by atoms with Crippen LogP contribution >= 0.6 is 27.5 Å². The second kappa shape index (κ2) is 8.95. The average Bonchev–Trinajstić information content (AvgIpc) is 2.72. The molecule has 0 aliphatic carbocycles. The predicted octanol–water partition coefficient (Wildman–Crippen LogP) is 2.96. The third kappa shape index (κ3) is 4.74. The van der Waals surface area contributed by atoms with Crippen LogP contribution in [0.5, 0.6) is 0 Å². The first-order valence-electron chi connectivity index (χ1n) is 6.70. The zero-order valence-corrected chi connectivity index (χ0v) is 14.2. The number of hydrogen-bond donors (Lipinski definition) is 1. The van der Waals surface area contributed by atoms with E-state index in [1.54, 1.807) is 7.11 Å². The molecule has 0 saturated heterocycles. The topological polar surface area (TPSA) is 39.1 Å². The van der Waals surface area contributed by atoms with Gasteiger partial charge in [0, 0.05) is 32.1 Å². The van der Waals surface area contributed by atoms with Crippen molar-refractivity contribution in [3.05, 3.63) is 15.9 Å². The third-order valence-corrected chi connectivity index (χ3v) is 4.21. The van der Waals surface area contributed by atoms with Crippen molar-refractivity contribution in [1.29, 1.82) is 0 Å². The van der Waals surface area contributed by atoms with Crippen molar-refractivity contribution in [2.75, 3.05) is 19.6 Å². The van der Waals surface area contributed by atoms with Crippen LogP contribution in [0.25, 0.3) is 0 Å². The standard InChI is InChI=1S/C13H23BrClN3O/c1-4-11-13(14)12(18(5-2)17-11)8-16-10(6-7-15)9-19-3/h10,16H,4-9H2,1-3H3. The maximum atomic E-state index is 5.81. The molecule has 0 saturated carbocycles. The number of methoxy groups -OCH3 is 1. The molecule has 0 radical (unpaired) electrons. The highest BCUT2D eigenvalue weighted by Gasteiger charge is 2.15. The van der Waals surface area contributed by atoms with E-state index in [1.165, 1.54) is 5.69 Å². The maximum absolute atomic E-state index is 5.81. The van der Waals surface area contributed by atoms with Crippen molar-refractivity contribution in [3.8, 4) is 0 Å². The van der Waals surface area contributed by atoms with Crippen molar-refractivity contribution in [3.63, 3.8) is 0 Å². The molecule has 4 nitrogen and oxygen atoms in total. The molecule has 1 unspecified atom stereocenters. The van der Waals surface area contributed by atoms with Crippen molar-refractivity contribution >= 4 is 27.5 Å². The van der Waals surface area contributed by atoms with Gasteiger partial charge in [-0.2, -0.15) is 5.10 Å². The van der Waals surface area contributed by atoms with Crippen LogP contribution in [0.3, 0.4) is 0 Å². The molecule has 0 amide bonds. The van der Waals surface area contributed by atoms with Gasteiger partial charge in [0.25, 0.3) is 0 Å². The summed E-state index contributed by atoms with van der Waals surface area (Å²) in [6.45, 7) is 6.54. The Morgan fingerprint density at radius 1 is 1.47 bits per heavy atom. The smallest absolute Gasteiger partial charge is 0.0767 e. The monoisotopic (exact) mass is 351 g/mol. The Morgan fingerprint density at radius 2 is 2.21 bits per heavy atom. The quantitative estimate of drug-likeness (QED) is 0.695. The minimum Gasteiger partial charge on any atom is -0.383 e. The summed E-state index contributed by atoms with van der Waals surface area (Å²) in [5.41, 5.74) is 2.30. The summed E-state index contributed by atoms with van der Waals surface area (Å²) in [5, 5.41) is 8.08.